The van der Waals surface area contributed by atoms with Crippen molar-refractivity contribution in [3.05, 3.63) is 35.9 Å². The first-order valence-corrected chi connectivity index (χ1v) is 12.8. The molecule has 3 fully saturated rings. The first-order chi connectivity index (χ1) is 15.8. The third-order valence-electron chi connectivity index (χ3n) is 7.53. The summed E-state index contributed by atoms with van der Waals surface area (Å²) in [4.78, 5) is 42.4. The van der Waals surface area contributed by atoms with E-state index in [4.69, 9.17) is 4.74 Å². The molecule has 4 rings (SSSR count). The fraction of sp³-hybridized carbons (Fsp3) is 0.640. The van der Waals surface area contributed by atoms with E-state index in [2.05, 4.69) is 12.2 Å². The van der Waals surface area contributed by atoms with Crippen LogP contribution in [0.15, 0.2) is 30.3 Å². The third-order valence-corrected chi connectivity index (χ3v) is 9.51. The molecule has 3 heterocycles. The lowest BCUT2D eigenvalue weighted by Gasteiger charge is -2.37. The van der Waals surface area contributed by atoms with Gasteiger partial charge in [0.25, 0.3) is 0 Å². The van der Waals surface area contributed by atoms with E-state index in [-0.39, 0.29) is 31.0 Å². The van der Waals surface area contributed by atoms with Crippen molar-refractivity contribution in [2.45, 2.75) is 68.0 Å². The van der Waals surface area contributed by atoms with E-state index < -0.39 is 33.4 Å². The van der Waals surface area contributed by atoms with E-state index in [1.165, 1.54) is 0 Å². The number of fused-ring (bicyclic) bond motifs is 1. The number of likely N-dealkylation sites (tertiary alicyclic amines) is 1. The van der Waals surface area contributed by atoms with E-state index in [1.807, 2.05) is 37.3 Å². The van der Waals surface area contributed by atoms with Gasteiger partial charge in [0.2, 0.25) is 11.8 Å². The number of esters is 1. The van der Waals surface area contributed by atoms with Gasteiger partial charge in [0.05, 0.1) is 35.8 Å². The molecule has 180 valence electrons. The fourth-order valence-electron chi connectivity index (χ4n) is 6.10. The summed E-state index contributed by atoms with van der Waals surface area (Å²) in [5.74, 6) is -2.04. The number of benzene rings is 1. The Hall–Kier alpha value is -2.06. The molecule has 6 atom stereocenters. The number of rotatable bonds is 9. The molecule has 2 unspecified atom stereocenters. The smallest absolute Gasteiger partial charge is 0.311 e. The van der Waals surface area contributed by atoms with Gasteiger partial charge in [-0.05, 0) is 38.7 Å². The molecule has 1 aromatic rings. The summed E-state index contributed by atoms with van der Waals surface area (Å²) in [5, 5.41) is 13.4. The summed E-state index contributed by atoms with van der Waals surface area (Å²) in [7, 11) is 0. The monoisotopic (exact) mass is 474 g/mol. The molecule has 1 spiro atoms. The highest BCUT2D eigenvalue weighted by molar-refractivity contribution is 8.02. The van der Waals surface area contributed by atoms with Crippen LogP contribution in [0, 0.1) is 11.8 Å². The van der Waals surface area contributed by atoms with E-state index in [0.717, 1.165) is 24.8 Å². The number of nitrogens with one attached hydrogen (secondary N) is 1. The zero-order valence-electron chi connectivity index (χ0n) is 19.6. The molecule has 33 heavy (non-hydrogen) atoms. The molecule has 0 aliphatic carbocycles. The van der Waals surface area contributed by atoms with E-state index >= 15 is 0 Å². The Balaban J connectivity index is 1.79. The average molecular weight is 475 g/mol. The molecular weight excluding hydrogens is 440 g/mol. The maximum absolute atomic E-state index is 14.1. The Labute approximate surface area is 199 Å². The quantitative estimate of drug-likeness (QED) is 0.422. The minimum Gasteiger partial charge on any atom is -0.466 e. The van der Waals surface area contributed by atoms with Crippen molar-refractivity contribution >= 4 is 29.5 Å². The van der Waals surface area contributed by atoms with Gasteiger partial charge in [-0.1, -0.05) is 43.7 Å². The number of amides is 2. The molecule has 2 N–H and O–H groups in total. The first kappa shape index (κ1) is 24.1. The molecule has 0 aromatic heterocycles. The largest absolute Gasteiger partial charge is 0.466 e. The van der Waals surface area contributed by atoms with Crippen molar-refractivity contribution in [3.8, 4) is 0 Å². The minimum absolute atomic E-state index is 0.199. The second-order valence-corrected chi connectivity index (χ2v) is 11.4. The van der Waals surface area contributed by atoms with Gasteiger partial charge in [-0.3, -0.25) is 14.4 Å². The van der Waals surface area contributed by atoms with Crippen LogP contribution in [-0.2, 0) is 19.1 Å². The molecule has 3 aliphatic rings. The highest BCUT2D eigenvalue weighted by Crippen LogP contribution is 2.72. The third kappa shape index (κ3) is 3.75. The summed E-state index contributed by atoms with van der Waals surface area (Å²) in [6.07, 6.45) is 3.21. The highest BCUT2D eigenvalue weighted by atomic mass is 32.2. The van der Waals surface area contributed by atoms with Crippen LogP contribution in [-0.4, -0.2) is 63.1 Å². The number of carbonyl (C=O) groups excluding carboxylic acids is 3. The van der Waals surface area contributed by atoms with E-state index in [0.29, 0.717) is 13.0 Å². The van der Waals surface area contributed by atoms with Crippen LogP contribution in [0.4, 0.5) is 0 Å². The lowest BCUT2D eigenvalue weighted by Crippen LogP contribution is -2.54. The van der Waals surface area contributed by atoms with Gasteiger partial charge in [-0.15, -0.1) is 11.8 Å². The second-order valence-electron chi connectivity index (χ2n) is 9.48. The van der Waals surface area contributed by atoms with E-state index in [1.54, 1.807) is 23.6 Å². The zero-order chi connectivity index (χ0) is 23.8. The van der Waals surface area contributed by atoms with Crippen molar-refractivity contribution in [3.63, 3.8) is 0 Å². The minimum atomic E-state index is -0.754. The second kappa shape index (κ2) is 9.29. The Morgan fingerprint density at radius 3 is 2.64 bits per heavy atom. The summed E-state index contributed by atoms with van der Waals surface area (Å²) >= 11 is 1.61. The number of thioether (sulfide) groups is 1. The number of nitrogens with zero attached hydrogens (tertiary/aromatic N) is 1. The van der Waals surface area contributed by atoms with Gasteiger partial charge in [0, 0.05) is 11.3 Å². The first-order valence-electron chi connectivity index (χ1n) is 12.0. The predicted octanol–water partition coefficient (Wildman–Crippen LogP) is 2.68. The SMILES string of the molecule is CCCCNC(=O)C1N([C@H](CO)c2ccccc2)C(=O)[C@@H]2[C@@H](C(=O)OCC)[C@@]3(C)CCC12S3. The summed E-state index contributed by atoms with van der Waals surface area (Å²) in [6, 6.07) is 7.90. The number of aliphatic hydroxyl groups excluding tert-OH is 1. The Bertz CT molecular complexity index is 911. The van der Waals surface area contributed by atoms with Gasteiger partial charge >= 0.3 is 5.97 Å². The topological polar surface area (TPSA) is 95.9 Å². The van der Waals surface area contributed by atoms with Crippen molar-refractivity contribution in [2.24, 2.45) is 11.8 Å². The van der Waals surface area contributed by atoms with Gasteiger partial charge in [0.15, 0.2) is 0 Å². The van der Waals surface area contributed by atoms with Crippen LogP contribution < -0.4 is 5.32 Å². The lowest BCUT2D eigenvalue weighted by molar-refractivity contribution is -0.155. The summed E-state index contributed by atoms with van der Waals surface area (Å²) in [6.45, 7) is 6.33. The average Bonchev–Trinajstić information content (AvgIpc) is 3.37. The van der Waals surface area contributed by atoms with Gasteiger partial charge in [-0.2, -0.15) is 0 Å². The van der Waals surface area contributed by atoms with Crippen molar-refractivity contribution in [1.29, 1.82) is 0 Å². The number of aliphatic hydroxyl groups is 1. The van der Waals surface area contributed by atoms with Gasteiger partial charge in [-0.25, -0.2) is 0 Å². The number of hydrogen-bond donors (Lipinski definition) is 2. The Morgan fingerprint density at radius 1 is 1.27 bits per heavy atom. The molecule has 3 aliphatic heterocycles. The van der Waals surface area contributed by atoms with Crippen LogP contribution in [0.5, 0.6) is 0 Å². The standard InChI is InChI=1S/C25H34N2O5S/c1-4-6-14-26-21(29)20-25-13-12-24(3,33-25)19(23(31)32-5-2)18(25)22(30)27(20)17(15-28)16-10-8-7-9-11-16/h7-11,17-20,28H,4-6,12-15H2,1-3H3,(H,26,29)/t17-,18+,19+,20?,24-,25?/m1/s1. The van der Waals surface area contributed by atoms with Gasteiger partial charge in [0.1, 0.15) is 6.04 Å². The van der Waals surface area contributed by atoms with Crippen LogP contribution >= 0.6 is 11.8 Å². The zero-order valence-corrected chi connectivity index (χ0v) is 20.4. The summed E-state index contributed by atoms with van der Waals surface area (Å²) < 4.78 is 4.26. The van der Waals surface area contributed by atoms with Crippen molar-refractivity contribution in [1.82, 2.24) is 10.2 Å². The summed E-state index contributed by atoms with van der Waals surface area (Å²) in [5.41, 5.74) is 0.773. The number of ether oxygens (including phenoxy) is 1. The van der Waals surface area contributed by atoms with Crippen LogP contribution in [0.3, 0.4) is 0 Å². The maximum atomic E-state index is 14.1. The maximum Gasteiger partial charge on any atom is 0.311 e. The fourth-order valence-corrected chi connectivity index (χ4v) is 8.44. The van der Waals surface area contributed by atoms with Gasteiger partial charge < -0.3 is 20.1 Å². The number of hydrogen-bond acceptors (Lipinski definition) is 6. The molecule has 3 saturated heterocycles. The Kier molecular flexibility index (Phi) is 6.78. The molecule has 8 heteroatoms. The molecule has 7 nitrogen and oxygen atoms in total. The van der Waals surface area contributed by atoms with E-state index in [9.17, 15) is 19.5 Å². The van der Waals surface area contributed by atoms with Crippen LogP contribution in [0.25, 0.3) is 0 Å². The molecular formula is C25H34N2O5S. The number of unbranched alkanes of at least 4 members (excludes halogenated alkanes) is 1. The molecule has 2 amide bonds. The van der Waals surface area contributed by atoms with Crippen LogP contribution in [0.2, 0.25) is 0 Å². The molecule has 1 aromatic carbocycles. The molecule has 0 saturated carbocycles. The van der Waals surface area contributed by atoms with Crippen LogP contribution in [0.1, 0.15) is 58.1 Å². The molecule has 2 bridgehead atoms. The van der Waals surface area contributed by atoms with Crippen molar-refractivity contribution in [2.75, 3.05) is 19.8 Å². The lowest BCUT2D eigenvalue weighted by atomic mass is 9.66. The van der Waals surface area contributed by atoms with Crippen molar-refractivity contribution < 1.29 is 24.2 Å². The molecule has 0 radical (unpaired) electrons. The highest BCUT2D eigenvalue weighted by Gasteiger charge is 2.78. The Morgan fingerprint density at radius 2 is 2.00 bits per heavy atom. The normalized spacial score (nSPS) is 33.2. The number of carbonyl (C=O) groups is 3. The predicted molar refractivity (Wildman–Crippen MR) is 126 cm³/mol.